The van der Waals surface area contributed by atoms with Crippen molar-refractivity contribution in [2.45, 2.75) is 0 Å². The molecule has 0 fully saturated rings. The predicted molar refractivity (Wildman–Crippen MR) is 122 cm³/mol. The van der Waals surface area contributed by atoms with E-state index in [2.05, 4.69) is 99.4 Å². The molecule has 0 aliphatic heterocycles. The third-order valence-corrected chi connectivity index (χ3v) is 6.12. The molecule has 0 bridgehead atoms. The molecule has 0 heterocycles. The third-order valence-electron chi connectivity index (χ3n) is 3.32. The summed E-state index contributed by atoms with van der Waals surface area (Å²) in [5.41, 5.74) is 8.86. The molecule has 1 N–H and O–H groups in total. The van der Waals surface area contributed by atoms with Crippen molar-refractivity contribution < 1.29 is 14.6 Å². The fourth-order valence-corrected chi connectivity index (χ4v) is 5.01. The number of halogens is 1. The second-order valence-electron chi connectivity index (χ2n) is 6.15. The van der Waals surface area contributed by atoms with Gasteiger partial charge in [0.05, 0.1) is 13.2 Å². The Morgan fingerprint density at radius 1 is 0.654 bits per heavy atom. The maximum absolute atomic E-state index is 8.23. The molecule has 0 aliphatic carbocycles. The van der Waals surface area contributed by atoms with Gasteiger partial charge in [-0.25, -0.2) is 0 Å². The second kappa shape index (κ2) is 13.3. The van der Waals surface area contributed by atoms with Crippen molar-refractivity contribution >= 4 is 47.6 Å². The molecular formula is C21H26ClNNiP2+. The van der Waals surface area contributed by atoms with Crippen LogP contribution in [0.2, 0.25) is 0 Å². The van der Waals surface area contributed by atoms with E-state index in [0.717, 1.165) is 5.30 Å². The molecular weight excluding hydrogens is 422 g/mol. The standard InChI is InChI=1S/C18H15NP.C3H9P.ClH.Ni/c19-17-13-7-8-14-18(17)20(15-9-3-1-4-10-15)16-11-5-2-6-12-16;1-4(2)3;;/h1-14,19H;1-3H3;1H;/q-1;;;+1/p+1. The normalized spacial score (nSPS) is 9.85. The van der Waals surface area contributed by atoms with Crippen molar-refractivity contribution in [3.05, 3.63) is 90.7 Å². The van der Waals surface area contributed by atoms with Gasteiger partial charge in [-0.3, -0.25) is 0 Å². The molecule has 3 aromatic carbocycles. The average Bonchev–Trinajstić information content (AvgIpc) is 2.67. The number of hydrogen-bond acceptors (Lipinski definition) is 0. The van der Waals surface area contributed by atoms with Crippen molar-refractivity contribution in [3.63, 3.8) is 0 Å². The van der Waals surface area contributed by atoms with Gasteiger partial charge in [0.25, 0.3) is 0 Å². The molecule has 0 saturated heterocycles. The van der Waals surface area contributed by atoms with Crippen molar-refractivity contribution in [2.24, 2.45) is 0 Å². The molecule has 0 amide bonds. The number of nitrogens with one attached hydrogen (secondary N) is 1. The molecule has 0 saturated carbocycles. The summed E-state index contributed by atoms with van der Waals surface area (Å²) in [7, 11) is 3.29. The van der Waals surface area contributed by atoms with Gasteiger partial charge in [0.15, 0.2) is 0 Å². The minimum absolute atomic E-state index is 0.120. The van der Waals surface area contributed by atoms with Crippen molar-refractivity contribution in [1.82, 2.24) is 0 Å². The van der Waals surface area contributed by atoms with Gasteiger partial charge in [0, 0.05) is 20.0 Å². The van der Waals surface area contributed by atoms with Gasteiger partial charge in [-0.1, -0.05) is 60.3 Å². The molecule has 0 unspecified atom stereocenters. The molecule has 141 valence electrons. The van der Waals surface area contributed by atoms with E-state index in [1.54, 1.807) is 0 Å². The molecule has 0 aliphatic rings. The summed E-state index contributed by atoms with van der Waals surface area (Å²) in [5, 5.41) is 3.79. The van der Waals surface area contributed by atoms with E-state index in [0.29, 0.717) is 5.69 Å². The van der Waals surface area contributed by atoms with Crippen LogP contribution in [0, 0.1) is 0 Å². The van der Waals surface area contributed by atoms with E-state index in [9.17, 15) is 0 Å². The molecule has 0 aromatic heterocycles. The minimum atomic E-state index is -1.09. The van der Waals surface area contributed by atoms with Crippen LogP contribution in [-0.4, -0.2) is 20.0 Å². The number of rotatable bonds is 3. The molecule has 3 rings (SSSR count). The van der Waals surface area contributed by atoms with Crippen LogP contribution in [0.4, 0.5) is 5.69 Å². The van der Waals surface area contributed by atoms with Crippen LogP contribution in [0.15, 0.2) is 84.9 Å². The smallest absolute Gasteiger partial charge is 0.102 e. The Kier molecular flexibility index (Phi) is 11.8. The van der Waals surface area contributed by atoms with Gasteiger partial charge in [-0.05, 0) is 38.3 Å². The first-order valence-corrected chi connectivity index (χ1v) is 14.1. The van der Waals surface area contributed by atoms with Crippen molar-refractivity contribution in [3.8, 4) is 0 Å². The van der Waals surface area contributed by atoms with E-state index in [-0.39, 0.29) is 7.92 Å². The Bertz CT molecular complexity index is 697. The average molecular weight is 449 g/mol. The molecule has 3 aromatic rings. The van der Waals surface area contributed by atoms with E-state index in [4.69, 9.17) is 5.73 Å². The summed E-state index contributed by atoms with van der Waals surface area (Å²) < 4.78 is 0. The van der Waals surface area contributed by atoms with Gasteiger partial charge >= 0.3 is 24.8 Å². The minimum Gasteiger partial charge on any atom is -0.696 e. The first-order valence-electron chi connectivity index (χ1n) is 8.27. The van der Waals surface area contributed by atoms with Crippen LogP contribution in [0.5, 0.6) is 0 Å². The molecule has 0 atom stereocenters. The van der Waals surface area contributed by atoms with Crippen LogP contribution in [0.3, 0.4) is 0 Å². The van der Waals surface area contributed by atoms with Crippen LogP contribution < -0.4 is 15.9 Å². The Morgan fingerprint density at radius 2 is 1.00 bits per heavy atom. The fraction of sp³-hybridized carbons (Fsp3) is 0.143. The summed E-state index contributed by atoms with van der Waals surface area (Å²) in [6, 6.07) is 29.0. The molecule has 5 heteroatoms. The van der Waals surface area contributed by atoms with Crippen LogP contribution in [-0.2, 0) is 14.6 Å². The quantitative estimate of drug-likeness (QED) is 0.366. The SMILES string of the molecule is C[PH+](C)C.[Cl][Ni].[NH-]c1ccccc1[PH+](c1ccccc1)c1ccccc1. The fourth-order valence-electron chi connectivity index (χ4n) is 2.39. The zero-order valence-corrected chi connectivity index (χ0v) is 19.0. The molecule has 1 nitrogen and oxygen atoms in total. The number of benzene rings is 3. The van der Waals surface area contributed by atoms with Crippen LogP contribution in [0.25, 0.3) is 5.73 Å². The zero-order chi connectivity index (χ0) is 19.4. The van der Waals surface area contributed by atoms with Gasteiger partial charge < -0.3 is 5.73 Å². The van der Waals surface area contributed by atoms with Gasteiger partial charge in [0.2, 0.25) is 0 Å². The van der Waals surface area contributed by atoms with Crippen molar-refractivity contribution in [1.29, 1.82) is 0 Å². The van der Waals surface area contributed by atoms with Crippen LogP contribution >= 0.6 is 26.0 Å². The molecule has 0 radical (unpaired) electrons. The zero-order valence-electron chi connectivity index (χ0n) is 15.3. The van der Waals surface area contributed by atoms with E-state index >= 15 is 0 Å². The Balaban J connectivity index is 0.000000500. The predicted octanol–water partition coefficient (Wildman–Crippen LogP) is 5.64. The Hall–Kier alpha value is -0.896. The van der Waals surface area contributed by atoms with Gasteiger partial charge in [-0.15, -0.1) is 0 Å². The third kappa shape index (κ3) is 7.77. The number of hydrogen-bond donors (Lipinski definition) is 0. The van der Waals surface area contributed by atoms with Gasteiger partial charge in [-0.2, -0.15) is 0 Å². The van der Waals surface area contributed by atoms with Crippen molar-refractivity contribution in [2.75, 3.05) is 20.0 Å². The Labute approximate surface area is 172 Å². The van der Waals surface area contributed by atoms with Gasteiger partial charge in [0.1, 0.15) is 10.6 Å². The second-order valence-corrected chi connectivity index (χ2v) is 11.6. The molecule has 26 heavy (non-hydrogen) atoms. The summed E-state index contributed by atoms with van der Waals surface area (Å²) >= 11 is 3.35. The first-order chi connectivity index (χ1) is 12.6. The maximum atomic E-state index is 8.23. The summed E-state index contributed by atoms with van der Waals surface area (Å²) in [6.07, 6.45) is 0. The van der Waals surface area contributed by atoms with E-state index in [1.165, 1.54) is 10.6 Å². The first kappa shape index (κ1) is 23.1. The largest absolute Gasteiger partial charge is 0.696 e. The summed E-state index contributed by atoms with van der Waals surface area (Å²) in [6.45, 7) is 6.81. The summed E-state index contributed by atoms with van der Waals surface area (Å²) in [5.74, 6) is 0. The van der Waals surface area contributed by atoms with E-state index in [1.807, 2.05) is 30.3 Å². The van der Waals surface area contributed by atoms with Crippen LogP contribution in [0.1, 0.15) is 0 Å². The monoisotopic (exact) mass is 447 g/mol. The van der Waals surface area contributed by atoms with E-state index < -0.39 is 7.92 Å². The molecule has 0 spiro atoms. The maximum Gasteiger partial charge on any atom is 0.102 e. The topological polar surface area (TPSA) is 23.8 Å². The summed E-state index contributed by atoms with van der Waals surface area (Å²) in [4.78, 5) is 0. The Morgan fingerprint density at radius 3 is 1.38 bits per heavy atom.